The molecule has 0 amide bonds. The van der Waals surface area contributed by atoms with Crippen molar-refractivity contribution in [3.63, 3.8) is 0 Å². The highest BCUT2D eigenvalue weighted by molar-refractivity contribution is 7.46. The second kappa shape index (κ2) is 40.7. The maximum Gasteiger partial charge on any atom is 0.469 e. The Balaban J connectivity index is 0. The van der Waals surface area contributed by atoms with Gasteiger partial charge in [0.2, 0.25) is 0 Å². The summed E-state index contributed by atoms with van der Waals surface area (Å²) in [6, 6.07) is 0. The molecule has 1 atom stereocenters. The maximum absolute atomic E-state index is 12.3. The second-order valence-corrected chi connectivity index (χ2v) is 14.5. The largest absolute Gasteiger partial charge is 0.469 e. The predicted octanol–water partition coefficient (Wildman–Crippen LogP) is 11.5. The van der Waals surface area contributed by atoms with E-state index in [1.807, 2.05) is 0 Å². The average molecular weight is 707 g/mol. The van der Waals surface area contributed by atoms with Crippen LogP contribution in [0.2, 0.25) is 0 Å². The fraction of sp³-hybridized carbons (Fsp3) is 0.923. The molecule has 0 heterocycles. The van der Waals surface area contributed by atoms with Crippen LogP contribution in [-0.4, -0.2) is 53.4 Å². The van der Waals surface area contributed by atoms with Gasteiger partial charge in [0, 0.05) is 19.6 Å². The number of phosphoric ester groups is 1. The van der Waals surface area contributed by atoms with E-state index in [-0.39, 0.29) is 25.8 Å². The van der Waals surface area contributed by atoms with E-state index in [4.69, 9.17) is 24.4 Å². The first-order chi connectivity index (χ1) is 23.3. The monoisotopic (exact) mass is 707 g/mol. The van der Waals surface area contributed by atoms with Crippen molar-refractivity contribution >= 4 is 13.8 Å². The summed E-state index contributed by atoms with van der Waals surface area (Å²) in [7, 11) is -4.64. The smallest absolute Gasteiger partial charge is 0.457 e. The number of aliphatic hydroxyl groups is 1. The van der Waals surface area contributed by atoms with Gasteiger partial charge < -0.3 is 24.4 Å². The molecule has 0 saturated heterocycles. The quantitative estimate of drug-likeness (QED) is 0.0255. The lowest BCUT2D eigenvalue weighted by Crippen LogP contribution is -2.28. The first kappa shape index (κ1) is 49.4. The van der Waals surface area contributed by atoms with Gasteiger partial charge in [0.05, 0.1) is 13.2 Å². The lowest BCUT2D eigenvalue weighted by Gasteiger charge is -2.18. The van der Waals surface area contributed by atoms with E-state index in [2.05, 4.69) is 30.5 Å². The van der Waals surface area contributed by atoms with Gasteiger partial charge in [-0.2, -0.15) is 0 Å². The summed E-state index contributed by atoms with van der Waals surface area (Å²) < 4.78 is 26.9. The molecule has 8 nitrogen and oxygen atoms in total. The molecule has 0 rings (SSSR count). The van der Waals surface area contributed by atoms with Crippen LogP contribution in [0.3, 0.4) is 0 Å². The lowest BCUT2D eigenvalue weighted by atomic mass is 10.0. The number of esters is 1. The van der Waals surface area contributed by atoms with Crippen molar-refractivity contribution in [2.75, 3.05) is 26.4 Å². The molecule has 0 aliphatic rings. The Kier molecular flexibility index (Phi) is 41.8. The zero-order valence-electron chi connectivity index (χ0n) is 31.7. The fourth-order valence-corrected chi connectivity index (χ4v) is 5.86. The molecule has 0 aliphatic heterocycles. The topological polar surface area (TPSA) is 123 Å². The SMILES string of the molecule is CCCCCCCC/C=C\CCCCCCCC(=O)O[C@H](COCCCCCCCCCCCCCCCC)COP(=O)(O)O.CCO. The molecule has 0 unspecified atom stereocenters. The van der Waals surface area contributed by atoms with E-state index in [9.17, 15) is 9.36 Å². The molecule has 0 aliphatic carbocycles. The van der Waals surface area contributed by atoms with Gasteiger partial charge in [-0.15, -0.1) is 0 Å². The van der Waals surface area contributed by atoms with Crippen molar-refractivity contribution in [2.45, 2.75) is 207 Å². The van der Waals surface area contributed by atoms with Crippen LogP contribution in [0.1, 0.15) is 201 Å². The number of unbranched alkanes of at least 4 members (excludes halogenated alkanes) is 24. The number of rotatable bonds is 36. The van der Waals surface area contributed by atoms with Gasteiger partial charge in [-0.25, -0.2) is 4.57 Å². The van der Waals surface area contributed by atoms with E-state index >= 15 is 0 Å². The molecule has 3 N–H and O–H groups in total. The Bertz CT molecular complexity index is 712. The summed E-state index contributed by atoms with van der Waals surface area (Å²) in [6.45, 7) is 6.69. The predicted molar refractivity (Wildman–Crippen MR) is 201 cm³/mol. The average Bonchev–Trinajstić information content (AvgIpc) is 3.05. The first-order valence-corrected chi connectivity index (χ1v) is 21.6. The van der Waals surface area contributed by atoms with E-state index < -0.39 is 13.9 Å². The van der Waals surface area contributed by atoms with Gasteiger partial charge in [-0.3, -0.25) is 9.32 Å². The molecule has 48 heavy (non-hydrogen) atoms. The van der Waals surface area contributed by atoms with E-state index in [1.54, 1.807) is 6.92 Å². The summed E-state index contributed by atoms with van der Waals surface area (Å²) >= 11 is 0. The first-order valence-electron chi connectivity index (χ1n) is 20.0. The molecule has 9 heteroatoms. The molecule has 0 radical (unpaired) electrons. The molecule has 0 aromatic rings. The van der Waals surface area contributed by atoms with Crippen molar-refractivity contribution in [1.82, 2.24) is 0 Å². The van der Waals surface area contributed by atoms with Crippen LogP contribution >= 0.6 is 7.82 Å². The fourth-order valence-electron chi connectivity index (χ4n) is 5.49. The van der Waals surface area contributed by atoms with Crippen LogP contribution in [0.15, 0.2) is 12.2 Å². The molecular weight excluding hydrogens is 627 g/mol. The zero-order chi connectivity index (χ0) is 35.8. The van der Waals surface area contributed by atoms with Crippen LogP contribution in [0.25, 0.3) is 0 Å². The van der Waals surface area contributed by atoms with Crippen molar-refractivity contribution in [1.29, 1.82) is 0 Å². The van der Waals surface area contributed by atoms with E-state index in [0.717, 1.165) is 44.9 Å². The lowest BCUT2D eigenvalue weighted by molar-refractivity contribution is -0.154. The second-order valence-electron chi connectivity index (χ2n) is 13.2. The van der Waals surface area contributed by atoms with Crippen LogP contribution < -0.4 is 0 Å². The molecule has 288 valence electrons. The third-order valence-electron chi connectivity index (χ3n) is 8.32. The van der Waals surface area contributed by atoms with Gasteiger partial charge in [0.15, 0.2) is 0 Å². The molecule has 0 spiro atoms. The minimum atomic E-state index is -4.64. The Morgan fingerprint density at radius 1 is 0.583 bits per heavy atom. The minimum absolute atomic E-state index is 0.0799. The number of phosphoric acid groups is 1. The third-order valence-corrected chi connectivity index (χ3v) is 8.80. The molecule has 0 bridgehead atoms. The standard InChI is InChI=1S/C37H73O7P.C2H6O/c1-3-5-7-9-11-13-15-17-19-20-22-24-26-28-30-32-37(38)44-36(35-43-45(39,40)41)34-42-33-31-29-27-25-23-21-18-16-14-12-10-8-6-4-2;1-2-3/h17,19,36H,3-16,18,20-35H2,1-2H3,(H2,39,40,41);3H,2H2,1H3/b19-17-;/t36-;/m1./s1. The summed E-state index contributed by atoms with van der Waals surface area (Å²) in [5, 5.41) is 7.57. The van der Waals surface area contributed by atoms with Crippen LogP contribution in [0, 0.1) is 0 Å². The van der Waals surface area contributed by atoms with Crippen LogP contribution in [0.5, 0.6) is 0 Å². The Morgan fingerprint density at radius 2 is 0.958 bits per heavy atom. The van der Waals surface area contributed by atoms with Gasteiger partial charge in [0.1, 0.15) is 6.10 Å². The third kappa shape index (κ3) is 45.2. The number of carbonyl (C=O) groups is 1. The number of allylic oxidation sites excluding steroid dienone is 2. The van der Waals surface area contributed by atoms with Gasteiger partial charge >= 0.3 is 13.8 Å². The molecule has 0 aromatic carbocycles. The number of carbonyl (C=O) groups excluding carboxylic acids is 1. The number of hydrogen-bond donors (Lipinski definition) is 3. The number of aliphatic hydroxyl groups excluding tert-OH is 1. The molecule has 0 saturated carbocycles. The molecular formula is C39H79O8P. The minimum Gasteiger partial charge on any atom is -0.457 e. The highest BCUT2D eigenvalue weighted by Crippen LogP contribution is 2.36. The normalized spacial score (nSPS) is 12.3. The van der Waals surface area contributed by atoms with Crippen molar-refractivity contribution < 1.29 is 38.3 Å². The highest BCUT2D eigenvalue weighted by atomic mass is 31.2. The number of hydrogen-bond acceptors (Lipinski definition) is 6. The zero-order valence-corrected chi connectivity index (χ0v) is 32.6. The number of ether oxygens (including phenoxy) is 2. The maximum atomic E-state index is 12.3. The van der Waals surface area contributed by atoms with Crippen LogP contribution in [0.4, 0.5) is 0 Å². The summed E-state index contributed by atoms with van der Waals surface area (Å²) in [5.41, 5.74) is 0. The Hall–Kier alpha value is -0.760. The van der Waals surface area contributed by atoms with Crippen LogP contribution in [-0.2, 0) is 23.4 Å². The van der Waals surface area contributed by atoms with Crippen molar-refractivity contribution in [3.8, 4) is 0 Å². The van der Waals surface area contributed by atoms with Gasteiger partial charge in [0.25, 0.3) is 0 Å². The van der Waals surface area contributed by atoms with Crippen molar-refractivity contribution in [2.24, 2.45) is 0 Å². The van der Waals surface area contributed by atoms with Crippen molar-refractivity contribution in [3.05, 3.63) is 12.2 Å². The Morgan fingerprint density at radius 3 is 1.38 bits per heavy atom. The van der Waals surface area contributed by atoms with E-state index in [0.29, 0.717) is 13.0 Å². The van der Waals surface area contributed by atoms with E-state index in [1.165, 1.54) is 128 Å². The van der Waals surface area contributed by atoms with Gasteiger partial charge in [-0.1, -0.05) is 161 Å². The summed E-state index contributed by atoms with van der Waals surface area (Å²) in [6.07, 6.45) is 37.7. The Labute approximate surface area is 296 Å². The molecule has 0 fully saturated rings. The highest BCUT2D eigenvalue weighted by Gasteiger charge is 2.21. The molecule has 0 aromatic heterocycles. The summed E-state index contributed by atoms with van der Waals surface area (Å²) in [4.78, 5) is 30.5. The summed E-state index contributed by atoms with van der Waals surface area (Å²) in [5.74, 6) is -0.368. The van der Waals surface area contributed by atoms with Gasteiger partial charge in [-0.05, 0) is 45.4 Å².